The Labute approximate surface area is 295 Å². The van der Waals surface area contributed by atoms with Crippen LogP contribution in [0.25, 0.3) is 34.0 Å². The number of benzene rings is 2. The van der Waals surface area contributed by atoms with Gasteiger partial charge < -0.3 is 29.4 Å². The first kappa shape index (κ1) is 31.9. The van der Waals surface area contributed by atoms with Gasteiger partial charge in [-0.25, -0.2) is 14.8 Å². The monoisotopic (exact) mass is 674 g/mol. The van der Waals surface area contributed by atoms with Gasteiger partial charge in [0.05, 0.1) is 35.1 Å². The van der Waals surface area contributed by atoms with Gasteiger partial charge in [-0.3, -0.25) is 0 Å². The van der Waals surface area contributed by atoms with Crippen molar-refractivity contribution in [1.82, 2.24) is 19.9 Å². The molecule has 9 heteroatoms. The zero-order valence-corrected chi connectivity index (χ0v) is 29.1. The summed E-state index contributed by atoms with van der Waals surface area (Å²) in [6, 6.07) is 24.5. The van der Waals surface area contributed by atoms with Gasteiger partial charge in [0.15, 0.2) is 0 Å². The van der Waals surface area contributed by atoms with E-state index in [0.717, 1.165) is 67.1 Å². The molecule has 9 nitrogen and oxygen atoms in total. The molecule has 254 valence electrons. The molecule has 2 aliphatic rings. The molecule has 2 aromatic carbocycles. The quantitative estimate of drug-likeness (QED) is 0.115. The number of hydrogen-bond donors (Lipinski definition) is 4. The van der Waals surface area contributed by atoms with E-state index in [0.29, 0.717) is 34.1 Å². The van der Waals surface area contributed by atoms with Crippen LogP contribution in [-0.4, -0.2) is 50.0 Å². The first-order chi connectivity index (χ1) is 24.7. The lowest BCUT2D eigenvalue weighted by atomic mass is 10.0. The number of carbonyl (C=O) groups is 1. The largest absolute Gasteiger partial charge is 0.471 e. The van der Waals surface area contributed by atoms with E-state index in [1.54, 1.807) is 6.92 Å². The second kappa shape index (κ2) is 12.8. The van der Waals surface area contributed by atoms with Crippen molar-refractivity contribution >= 4 is 51.4 Å². The zero-order valence-electron chi connectivity index (χ0n) is 29.1. The number of aromatic amines is 4. The normalized spacial score (nSPS) is 16.6. The van der Waals surface area contributed by atoms with E-state index in [2.05, 4.69) is 56.3 Å². The van der Waals surface area contributed by atoms with Crippen LogP contribution in [0.15, 0.2) is 118 Å². The third-order valence-corrected chi connectivity index (χ3v) is 9.17. The minimum atomic E-state index is -1.14. The summed E-state index contributed by atoms with van der Waals surface area (Å²) in [5.74, 6) is -0.0760. The highest BCUT2D eigenvalue weighted by Gasteiger charge is 2.35. The Bertz CT molecular complexity index is 2470. The number of hydrogen-bond acceptors (Lipinski definition) is 5. The summed E-state index contributed by atoms with van der Waals surface area (Å²) in [7, 11) is 0. The number of ether oxygens (including phenoxy) is 2. The maximum Gasteiger partial charge on any atom is 0.352 e. The molecule has 1 unspecified atom stereocenters. The number of nitrogens with zero attached hydrogens (tertiary/aromatic N) is 2. The second-order valence-electron chi connectivity index (χ2n) is 13.1. The molecule has 8 rings (SSSR count). The van der Waals surface area contributed by atoms with Crippen LogP contribution in [0.3, 0.4) is 0 Å². The molecule has 0 radical (unpaired) electrons. The highest BCUT2D eigenvalue weighted by Crippen LogP contribution is 2.35. The van der Waals surface area contributed by atoms with Crippen molar-refractivity contribution in [2.45, 2.75) is 40.7 Å². The molecular formula is C42H38N6O3. The molecule has 51 heavy (non-hydrogen) atoms. The van der Waals surface area contributed by atoms with Crippen molar-refractivity contribution < 1.29 is 14.3 Å². The van der Waals surface area contributed by atoms with Gasteiger partial charge in [-0.05, 0) is 100 Å². The predicted molar refractivity (Wildman–Crippen MR) is 204 cm³/mol. The van der Waals surface area contributed by atoms with Gasteiger partial charge in [0, 0.05) is 56.2 Å². The smallest absolute Gasteiger partial charge is 0.352 e. The Hall–Kier alpha value is -6.35. The molecule has 1 atom stereocenters. The minimum Gasteiger partial charge on any atom is -0.471 e. The SMILES string of the molecule is CCOC(=O)C(OC1=CC(c2cc3ccccc3[nH]2)=NC1=Cc1[nH]c(C)cc1C)C1=CC(c2cc3ccccc3[nH]2)=NC1=Cc1[nH]c(C)cc1C. The van der Waals surface area contributed by atoms with Gasteiger partial charge in [0.1, 0.15) is 11.5 Å². The fourth-order valence-corrected chi connectivity index (χ4v) is 6.74. The lowest BCUT2D eigenvalue weighted by Gasteiger charge is -2.20. The van der Waals surface area contributed by atoms with Gasteiger partial charge in [-0.1, -0.05) is 36.4 Å². The molecule has 4 aromatic heterocycles. The first-order valence-corrected chi connectivity index (χ1v) is 17.1. The van der Waals surface area contributed by atoms with Gasteiger partial charge >= 0.3 is 5.97 Å². The van der Waals surface area contributed by atoms with E-state index in [-0.39, 0.29) is 6.61 Å². The molecule has 0 bridgehead atoms. The van der Waals surface area contributed by atoms with Crippen molar-refractivity contribution in [2.75, 3.05) is 6.61 Å². The fourth-order valence-electron chi connectivity index (χ4n) is 6.74. The van der Waals surface area contributed by atoms with E-state index < -0.39 is 12.1 Å². The van der Waals surface area contributed by atoms with Crippen molar-refractivity contribution in [3.8, 4) is 0 Å². The summed E-state index contributed by atoms with van der Waals surface area (Å²) in [5.41, 5.74) is 12.9. The summed E-state index contributed by atoms with van der Waals surface area (Å²) in [6.07, 6.45) is 6.58. The Morgan fingerprint density at radius 2 is 1.24 bits per heavy atom. The maximum absolute atomic E-state index is 14.0. The average molecular weight is 675 g/mol. The molecule has 0 fully saturated rings. The van der Waals surface area contributed by atoms with Crippen LogP contribution in [0.2, 0.25) is 0 Å². The number of nitrogens with one attached hydrogen (secondary N) is 4. The predicted octanol–water partition coefficient (Wildman–Crippen LogP) is 8.69. The number of para-hydroxylation sites is 2. The van der Waals surface area contributed by atoms with Gasteiger partial charge in [0.2, 0.25) is 6.10 Å². The van der Waals surface area contributed by atoms with Crippen molar-refractivity contribution in [2.24, 2.45) is 9.98 Å². The summed E-state index contributed by atoms with van der Waals surface area (Å²) in [6.45, 7) is 10.1. The third kappa shape index (κ3) is 6.18. The van der Waals surface area contributed by atoms with Crippen LogP contribution in [-0.2, 0) is 14.3 Å². The van der Waals surface area contributed by atoms with Crippen molar-refractivity contribution in [3.05, 3.63) is 153 Å². The summed E-state index contributed by atoms with van der Waals surface area (Å²) in [5, 5.41) is 2.14. The molecule has 2 aliphatic heterocycles. The zero-order chi connectivity index (χ0) is 35.2. The number of allylic oxidation sites excluding steroid dienone is 2. The van der Waals surface area contributed by atoms with Crippen molar-refractivity contribution in [3.63, 3.8) is 0 Å². The second-order valence-corrected chi connectivity index (χ2v) is 13.1. The van der Waals surface area contributed by atoms with Crippen LogP contribution in [0.5, 0.6) is 0 Å². The van der Waals surface area contributed by atoms with Crippen LogP contribution < -0.4 is 0 Å². The van der Waals surface area contributed by atoms with E-state index in [1.165, 1.54) is 0 Å². The van der Waals surface area contributed by atoms with Gasteiger partial charge in [0.25, 0.3) is 0 Å². The number of H-pyrrole nitrogens is 4. The highest BCUT2D eigenvalue weighted by molar-refractivity contribution is 6.15. The summed E-state index contributed by atoms with van der Waals surface area (Å²) >= 11 is 0. The van der Waals surface area contributed by atoms with Crippen LogP contribution in [0.1, 0.15) is 52.2 Å². The van der Waals surface area contributed by atoms with Crippen molar-refractivity contribution in [1.29, 1.82) is 0 Å². The van der Waals surface area contributed by atoms with Crippen LogP contribution in [0.4, 0.5) is 0 Å². The molecule has 0 spiro atoms. The number of aryl methyl sites for hydroxylation is 4. The minimum absolute atomic E-state index is 0.190. The van der Waals surface area contributed by atoms with Gasteiger partial charge in [-0.2, -0.15) is 0 Å². The molecular weight excluding hydrogens is 637 g/mol. The number of rotatable bonds is 9. The Morgan fingerprint density at radius 3 is 1.76 bits per heavy atom. The fraction of sp³-hybridized carbons (Fsp3) is 0.167. The Morgan fingerprint density at radius 1 is 0.706 bits per heavy atom. The topological polar surface area (TPSA) is 123 Å². The number of aromatic nitrogens is 4. The number of carbonyl (C=O) groups excluding carboxylic acids is 1. The molecule has 0 aliphatic carbocycles. The molecule has 6 heterocycles. The van der Waals surface area contributed by atoms with E-state index in [4.69, 9.17) is 19.5 Å². The molecule has 0 saturated carbocycles. The van der Waals surface area contributed by atoms with E-state index >= 15 is 0 Å². The number of esters is 1. The van der Waals surface area contributed by atoms with E-state index in [9.17, 15) is 4.79 Å². The molecule has 0 amide bonds. The Balaban J connectivity index is 1.24. The van der Waals surface area contributed by atoms with Crippen LogP contribution >= 0.6 is 0 Å². The van der Waals surface area contributed by atoms with Gasteiger partial charge in [-0.15, -0.1) is 0 Å². The highest BCUT2D eigenvalue weighted by atomic mass is 16.6. The molecule has 6 aromatic rings. The number of fused-ring (bicyclic) bond motifs is 2. The average Bonchev–Trinajstić information content (AvgIpc) is 3.95. The lowest BCUT2D eigenvalue weighted by molar-refractivity contribution is -0.151. The summed E-state index contributed by atoms with van der Waals surface area (Å²) in [4.78, 5) is 37.9. The Kier molecular flexibility index (Phi) is 8.03. The molecule has 4 N–H and O–H groups in total. The lowest BCUT2D eigenvalue weighted by Crippen LogP contribution is -2.29. The maximum atomic E-state index is 14.0. The summed E-state index contributed by atoms with van der Waals surface area (Å²) < 4.78 is 12.5. The van der Waals surface area contributed by atoms with Crippen LogP contribution in [0, 0.1) is 27.7 Å². The molecule has 0 saturated heterocycles. The number of aliphatic imine (C=N–C) groups is 2. The standard InChI is InChI=1S/C42H38N6O3/c1-6-50-42(49)41(29-19-37(35-17-27-11-7-9-13-30(27)45-35)47-34(29)20-32-23(2)15-25(4)43-32)51-40-22-38(36-18-28-12-8-10-14-31(28)46-36)48-39(40)21-33-24(3)16-26(5)44-33/h7-22,41,43-46H,6H2,1-5H3. The van der Waals surface area contributed by atoms with E-state index in [1.807, 2.05) is 88.4 Å². The third-order valence-electron chi connectivity index (χ3n) is 9.17. The first-order valence-electron chi connectivity index (χ1n) is 17.1.